The van der Waals surface area contributed by atoms with E-state index in [2.05, 4.69) is 18.7 Å². The van der Waals surface area contributed by atoms with E-state index >= 15 is 0 Å². The molecule has 0 aromatic heterocycles. The van der Waals surface area contributed by atoms with Gasteiger partial charge in [-0.15, -0.1) is 6.58 Å². The lowest BCUT2D eigenvalue weighted by molar-refractivity contribution is 0.414. The third-order valence-electron chi connectivity index (χ3n) is 2.23. The number of nitrogens with two attached hydrogens (primary N) is 1. The molecular formula is C12H17NO. The zero-order chi connectivity index (χ0) is 10.4. The van der Waals surface area contributed by atoms with Crippen LogP contribution in [0.4, 0.5) is 0 Å². The summed E-state index contributed by atoms with van der Waals surface area (Å²) in [6.45, 7) is 3.66. The van der Waals surface area contributed by atoms with Crippen molar-refractivity contribution in [2.75, 3.05) is 7.11 Å². The molecule has 0 aliphatic heterocycles. The fourth-order valence-corrected chi connectivity index (χ4v) is 1.24. The molecule has 1 aromatic rings. The van der Waals surface area contributed by atoms with Gasteiger partial charge in [0.25, 0.3) is 0 Å². The Bertz CT molecular complexity index is 279. The first kappa shape index (κ1) is 10.8. The summed E-state index contributed by atoms with van der Waals surface area (Å²) in [7, 11) is 1.67. The summed E-state index contributed by atoms with van der Waals surface area (Å²) in [6, 6.07) is 8.16. The highest BCUT2D eigenvalue weighted by atomic mass is 16.5. The van der Waals surface area contributed by atoms with Gasteiger partial charge in [-0.1, -0.05) is 18.2 Å². The predicted octanol–water partition coefficient (Wildman–Crippen LogP) is 2.14. The second-order valence-corrected chi connectivity index (χ2v) is 3.29. The van der Waals surface area contributed by atoms with E-state index in [4.69, 9.17) is 10.5 Å². The Kier molecular flexibility index (Phi) is 4.20. The topological polar surface area (TPSA) is 35.2 Å². The van der Waals surface area contributed by atoms with Gasteiger partial charge in [0.05, 0.1) is 7.11 Å². The van der Waals surface area contributed by atoms with Gasteiger partial charge in [0.1, 0.15) is 5.75 Å². The quantitative estimate of drug-likeness (QED) is 0.724. The number of benzene rings is 1. The largest absolute Gasteiger partial charge is 0.497 e. The van der Waals surface area contributed by atoms with Crippen molar-refractivity contribution in [3.8, 4) is 5.75 Å². The van der Waals surface area contributed by atoms with E-state index in [0.29, 0.717) is 0 Å². The van der Waals surface area contributed by atoms with Crippen LogP contribution >= 0.6 is 0 Å². The Morgan fingerprint density at radius 1 is 1.43 bits per heavy atom. The van der Waals surface area contributed by atoms with Crippen molar-refractivity contribution in [2.24, 2.45) is 5.73 Å². The average molecular weight is 191 g/mol. The molecule has 1 rings (SSSR count). The first-order valence-corrected chi connectivity index (χ1v) is 4.77. The molecular weight excluding hydrogens is 174 g/mol. The summed E-state index contributed by atoms with van der Waals surface area (Å²) >= 11 is 0. The van der Waals surface area contributed by atoms with Gasteiger partial charge in [-0.3, -0.25) is 0 Å². The van der Waals surface area contributed by atoms with E-state index in [0.717, 1.165) is 18.6 Å². The highest BCUT2D eigenvalue weighted by molar-refractivity contribution is 5.27. The highest BCUT2D eigenvalue weighted by Gasteiger charge is 1.98. The van der Waals surface area contributed by atoms with Gasteiger partial charge in [0.15, 0.2) is 0 Å². The Morgan fingerprint density at radius 3 is 2.57 bits per heavy atom. The minimum Gasteiger partial charge on any atom is -0.497 e. The van der Waals surface area contributed by atoms with Crippen LogP contribution in [0.25, 0.3) is 0 Å². The molecule has 0 saturated heterocycles. The molecule has 2 heteroatoms. The Balaban J connectivity index is 2.47. The van der Waals surface area contributed by atoms with Gasteiger partial charge >= 0.3 is 0 Å². The number of rotatable bonds is 5. The summed E-state index contributed by atoms with van der Waals surface area (Å²) in [6.07, 6.45) is 3.70. The van der Waals surface area contributed by atoms with E-state index in [1.165, 1.54) is 5.56 Å². The van der Waals surface area contributed by atoms with Crippen LogP contribution in [0.15, 0.2) is 36.9 Å². The standard InChI is InChI=1S/C12H17NO/c1-3-11(13)7-4-10-5-8-12(14-2)9-6-10/h3,5-6,8-9,11H,1,4,7,13H2,2H3. The zero-order valence-electron chi connectivity index (χ0n) is 8.57. The van der Waals surface area contributed by atoms with E-state index in [9.17, 15) is 0 Å². The van der Waals surface area contributed by atoms with E-state index in [-0.39, 0.29) is 6.04 Å². The minimum atomic E-state index is 0.0945. The van der Waals surface area contributed by atoms with Gasteiger partial charge in [0.2, 0.25) is 0 Å². The number of hydrogen-bond acceptors (Lipinski definition) is 2. The van der Waals surface area contributed by atoms with Gasteiger partial charge in [0, 0.05) is 6.04 Å². The van der Waals surface area contributed by atoms with E-state index in [1.807, 2.05) is 12.1 Å². The summed E-state index contributed by atoms with van der Waals surface area (Å²) < 4.78 is 5.08. The Hall–Kier alpha value is -1.28. The monoisotopic (exact) mass is 191 g/mol. The van der Waals surface area contributed by atoms with Crippen LogP contribution < -0.4 is 10.5 Å². The van der Waals surface area contributed by atoms with Crippen LogP contribution in [-0.4, -0.2) is 13.2 Å². The van der Waals surface area contributed by atoms with Crippen molar-refractivity contribution in [2.45, 2.75) is 18.9 Å². The second-order valence-electron chi connectivity index (χ2n) is 3.29. The Labute approximate surface area is 85.4 Å². The number of ether oxygens (including phenoxy) is 1. The summed E-state index contributed by atoms with van der Waals surface area (Å²) in [5, 5.41) is 0. The summed E-state index contributed by atoms with van der Waals surface area (Å²) in [4.78, 5) is 0. The molecule has 0 aliphatic rings. The molecule has 0 radical (unpaired) electrons. The lowest BCUT2D eigenvalue weighted by Gasteiger charge is -2.06. The molecule has 76 valence electrons. The maximum atomic E-state index is 5.73. The van der Waals surface area contributed by atoms with Gasteiger partial charge < -0.3 is 10.5 Å². The Morgan fingerprint density at radius 2 is 2.07 bits per heavy atom. The minimum absolute atomic E-state index is 0.0945. The molecule has 0 amide bonds. The maximum absolute atomic E-state index is 5.73. The number of aryl methyl sites for hydroxylation is 1. The van der Waals surface area contributed by atoms with Crippen molar-refractivity contribution >= 4 is 0 Å². The molecule has 0 bridgehead atoms. The number of methoxy groups -OCH3 is 1. The predicted molar refractivity (Wildman–Crippen MR) is 59.5 cm³/mol. The lowest BCUT2D eigenvalue weighted by Crippen LogP contribution is -2.16. The molecule has 0 fully saturated rings. The van der Waals surface area contributed by atoms with Crippen LogP contribution in [0, 0.1) is 0 Å². The maximum Gasteiger partial charge on any atom is 0.118 e. The normalized spacial score (nSPS) is 12.1. The van der Waals surface area contributed by atoms with Gasteiger partial charge in [-0.05, 0) is 30.5 Å². The first-order valence-electron chi connectivity index (χ1n) is 4.77. The summed E-state index contributed by atoms with van der Waals surface area (Å²) in [5.41, 5.74) is 7.01. The van der Waals surface area contributed by atoms with E-state index in [1.54, 1.807) is 13.2 Å². The molecule has 0 saturated carbocycles. The average Bonchev–Trinajstić information content (AvgIpc) is 2.26. The third kappa shape index (κ3) is 3.23. The SMILES string of the molecule is C=CC(N)CCc1ccc(OC)cc1. The molecule has 1 unspecified atom stereocenters. The van der Waals surface area contributed by atoms with Crippen LogP contribution in [0.2, 0.25) is 0 Å². The molecule has 1 atom stereocenters. The zero-order valence-corrected chi connectivity index (χ0v) is 8.57. The van der Waals surface area contributed by atoms with Crippen LogP contribution in [-0.2, 0) is 6.42 Å². The van der Waals surface area contributed by atoms with Gasteiger partial charge in [-0.2, -0.15) is 0 Å². The molecule has 2 N–H and O–H groups in total. The smallest absolute Gasteiger partial charge is 0.118 e. The number of hydrogen-bond donors (Lipinski definition) is 1. The fourth-order valence-electron chi connectivity index (χ4n) is 1.24. The molecule has 0 aliphatic carbocycles. The van der Waals surface area contributed by atoms with Gasteiger partial charge in [-0.25, -0.2) is 0 Å². The highest BCUT2D eigenvalue weighted by Crippen LogP contribution is 2.12. The molecule has 1 aromatic carbocycles. The van der Waals surface area contributed by atoms with Crippen LogP contribution in [0.5, 0.6) is 5.75 Å². The molecule has 14 heavy (non-hydrogen) atoms. The van der Waals surface area contributed by atoms with Crippen molar-refractivity contribution in [3.63, 3.8) is 0 Å². The van der Waals surface area contributed by atoms with Crippen LogP contribution in [0.1, 0.15) is 12.0 Å². The summed E-state index contributed by atoms with van der Waals surface area (Å²) in [5.74, 6) is 0.891. The molecule has 0 spiro atoms. The molecule has 2 nitrogen and oxygen atoms in total. The van der Waals surface area contributed by atoms with Crippen molar-refractivity contribution in [1.29, 1.82) is 0 Å². The van der Waals surface area contributed by atoms with E-state index < -0.39 is 0 Å². The van der Waals surface area contributed by atoms with Crippen molar-refractivity contribution < 1.29 is 4.74 Å². The second kappa shape index (κ2) is 5.45. The lowest BCUT2D eigenvalue weighted by atomic mass is 10.1. The first-order chi connectivity index (χ1) is 6.76. The third-order valence-corrected chi connectivity index (χ3v) is 2.23. The fraction of sp³-hybridized carbons (Fsp3) is 0.333. The van der Waals surface area contributed by atoms with Crippen molar-refractivity contribution in [1.82, 2.24) is 0 Å². The van der Waals surface area contributed by atoms with Crippen molar-refractivity contribution in [3.05, 3.63) is 42.5 Å². The van der Waals surface area contributed by atoms with Crippen LogP contribution in [0.3, 0.4) is 0 Å². The molecule has 0 heterocycles.